The predicted octanol–water partition coefficient (Wildman–Crippen LogP) is 2.40. The molecule has 7 nitrogen and oxygen atoms in total. The van der Waals surface area contributed by atoms with Crippen molar-refractivity contribution >= 4 is 17.8 Å². The van der Waals surface area contributed by atoms with Gasteiger partial charge in [0.15, 0.2) is 5.96 Å². The maximum absolute atomic E-state index is 12.4. The van der Waals surface area contributed by atoms with Crippen LogP contribution in [0.4, 0.5) is 0 Å². The van der Waals surface area contributed by atoms with Gasteiger partial charge < -0.3 is 15.4 Å². The van der Waals surface area contributed by atoms with Crippen molar-refractivity contribution in [3.05, 3.63) is 64.7 Å². The van der Waals surface area contributed by atoms with Crippen LogP contribution in [-0.4, -0.2) is 56.0 Å². The van der Waals surface area contributed by atoms with E-state index in [1.165, 1.54) is 4.90 Å². The zero-order valence-electron chi connectivity index (χ0n) is 17.7. The van der Waals surface area contributed by atoms with Gasteiger partial charge in [-0.15, -0.1) is 0 Å². The number of methoxy groups -OCH3 is 1. The largest absolute Gasteiger partial charge is 0.496 e. The van der Waals surface area contributed by atoms with Crippen LogP contribution in [0.5, 0.6) is 5.75 Å². The summed E-state index contributed by atoms with van der Waals surface area (Å²) >= 11 is 0. The Morgan fingerprint density at radius 2 is 1.77 bits per heavy atom. The second-order valence-electron chi connectivity index (χ2n) is 7.05. The lowest BCUT2D eigenvalue weighted by Gasteiger charge is -2.16. The van der Waals surface area contributed by atoms with Crippen LogP contribution in [0.1, 0.15) is 38.8 Å². The molecular formula is C23H28N4O3. The molecule has 2 aromatic rings. The summed E-state index contributed by atoms with van der Waals surface area (Å²) in [4.78, 5) is 30.7. The highest BCUT2D eigenvalue weighted by Crippen LogP contribution is 2.22. The molecule has 158 valence electrons. The van der Waals surface area contributed by atoms with Gasteiger partial charge in [0.2, 0.25) is 0 Å². The van der Waals surface area contributed by atoms with Crippen molar-refractivity contribution < 1.29 is 14.3 Å². The van der Waals surface area contributed by atoms with E-state index in [0.717, 1.165) is 29.8 Å². The van der Waals surface area contributed by atoms with Crippen molar-refractivity contribution in [2.75, 3.05) is 33.3 Å². The highest BCUT2D eigenvalue weighted by atomic mass is 16.5. The molecule has 0 unspecified atom stereocenters. The third-order valence-corrected chi connectivity index (χ3v) is 4.99. The number of carbonyl (C=O) groups excluding carboxylic acids is 2. The van der Waals surface area contributed by atoms with E-state index in [1.54, 1.807) is 31.4 Å². The SMILES string of the molecule is CCNC(=NCCc1ccc(C)c(OC)c1)NCCN1C(=O)c2ccccc2C1=O. The summed E-state index contributed by atoms with van der Waals surface area (Å²) in [6.45, 7) is 6.04. The summed E-state index contributed by atoms with van der Waals surface area (Å²) in [6.07, 6.45) is 0.783. The highest BCUT2D eigenvalue weighted by Gasteiger charge is 2.34. The normalized spacial score (nSPS) is 13.4. The van der Waals surface area contributed by atoms with Crippen LogP contribution in [0.25, 0.3) is 0 Å². The fourth-order valence-corrected chi connectivity index (χ4v) is 3.39. The minimum absolute atomic E-state index is 0.243. The molecule has 1 aliphatic heterocycles. The number of nitrogens with one attached hydrogen (secondary N) is 2. The number of aryl methyl sites for hydroxylation is 1. The van der Waals surface area contributed by atoms with E-state index < -0.39 is 0 Å². The number of rotatable bonds is 8. The van der Waals surface area contributed by atoms with E-state index in [1.807, 2.05) is 26.0 Å². The van der Waals surface area contributed by atoms with Gasteiger partial charge >= 0.3 is 0 Å². The quantitative estimate of drug-likeness (QED) is 0.398. The molecule has 0 spiro atoms. The average molecular weight is 409 g/mol. The number of benzene rings is 2. The zero-order valence-corrected chi connectivity index (χ0v) is 17.7. The molecule has 3 rings (SSSR count). The minimum atomic E-state index is -0.243. The van der Waals surface area contributed by atoms with Crippen LogP contribution in [0, 0.1) is 6.92 Å². The second kappa shape index (κ2) is 9.91. The van der Waals surface area contributed by atoms with Crippen molar-refractivity contribution in [1.82, 2.24) is 15.5 Å². The van der Waals surface area contributed by atoms with Crippen molar-refractivity contribution in [1.29, 1.82) is 0 Å². The maximum atomic E-state index is 12.4. The van der Waals surface area contributed by atoms with E-state index in [0.29, 0.717) is 30.2 Å². The predicted molar refractivity (Wildman–Crippen MR) is 117 cm³/mol. The zero-order chi connectivity index (χ0) is 21.5. The smallest absolute Gasteiger partial charge is 0.261 e. The Labute approximate surface area is 177 Å². The van der Waals surface area contributed by atoms with Crippen LogP contribution in [0.2, 0.25) is 0 Å². The van der Waals surface area contributed by atoms with Gasteiger partial charge in [0.25, 0.3) is 11.8 Å². The van der Waals surface area contributed by atoms with Crippen LogP contribution < -0.4 is 15.4 Å². The molecule has 2 amide bonds. The monoisotopic (exact) mass is 408 g/mol. The second-order valence-corrected chi connectivity index (χ2v) is 7.05. The minimum Gasteiger partial charge on any atom is -0.496 e. The summed E-state index contributed by atoms with van der Waals surface area (Å²) in [5.74, 6) is 1.05. The van der Waals surface area contributed by atoms with E-state index in [4.69, 9.17) is 4.74 Å². The van der Waals surface area contributed by atoms with Gasteiger partial charge in [0.1, 0.15) is 5.75 Å². The Kier molecular flexibility index (Phi) is 7.06. The lowest BCUT2D eigenvalue weighted by Crippen LogP contribution is -2.43. The third kappa shape index (κ3) is 4.79. The van der Waals surface area contributed by atoms with Crippen LogP contribution in [0.15, 0.2) is 47.5 Å². The molecule has 0 radical (unpaired) electrons. The van der Waals surface area contributed by atoms with Crippen LogP contribution in [-0.2, 0) is 6.42 Å². The number of guanidine groups is 1. The van der Waals surface area contributed by atoms with E-state index in [2.05, 4.69) is 21.7 Å². The van der Waals surface area contributed by atoms with Gasteiger partial charge in [-0.3, -0.25) is 19.5 Å². The van der Waals surface area contributed by atoms with Gasteiger partial charge in [0.05, 0.1) is 18.2 Å². The Bertz CT molecular complexity index is 920. The molecule has 0 bridgehead atoms. The molecule has 1 heterocycles. The first-order valence-corrected chi connectivity index (χ1v) is 10.2. The number of hydrogen-bond acceptors (Lipinski definition) is 4. The average Bonchev–Trinajstić information content (AvgIpc) is 3.00. The Hall–Kier alpha value is -3.35. The molecule has 0 aliphatic carbocycles. The van der Waals surface area contributed by atoms with Crippen LogP contribution >= 0.6 is 0 Å². The van der Waals surface area contributed by atoms with Crippen molar-refractivity contribution in [2.45, 2.75) is 20.3 Å². The maximum Gasteiger partial charge on any atom is 0.261 e. The molecule has 0 saturated carbocycles. The molecular weight excluding hydrogens is 380 g/mol. The van der Waals surface area contributed by atoms with Crippen molar-refractivity contribution in [3.8, 4) is 5.75 Å². The molecule has 0 aromatic heterocycles. The van der Waals surface area contributed by atoms with Gasteiger partial charge in [-0.25, -0.2) is 0 Å². The lowest BCUT2D eigenvalue weighted by atomic mass is 10.1. The molecule has 30 heavy (non-hydrogen) atoms. The summed E-state index contributed by atoms with van der Waals surface area (Å²) in [6, 6.07) is 13.1. The Balaban J connectivity index is 1.53. The standard InChI is InChI=1S/C23H28N4O3/c1-4-24-23(25-12-11-17-10-9-16(2)20(15-17)30-3)26-13-14-27-21(28)18-7-5-6-8-19(18)22(27)29/h5-10,15H,4,11-14H2,1-3H3,(H2,24,25,26). The van der Waals surface area contributed by atoms with E-state index in [-0.39, 0.29) is 18.4 Å². The number of carbonyl (C=O) groups is 2. The summed E-state index contributed by atoms with van der Waals surface area (Å²) in [7, 11) is 1.67. The summed E-state index contributed by atoms with van der Waals surface area (Å²) in [5, 5.41) is 6.39. The van der Waals surface area contributed by atoms with Gasteiger partial charge in [-0.05, 0) is 49.6 Å². The number of nitrogens with zero attached hydrogens (tertiary/aromatic N) is 2. The molecule has 7 heteroatoms. The molecule has 0 fully saturated rings. The van der Waals surface area contributed by atoms with E-state index >= 15 is 0 Å². The number of aliphatic imine (C=N–C) groups is 1. The number of fused-ring (bicyclic) bond motifs is 1. The Morgan fingerprint density at radius 1 is 1.07 bits per heavy atom. The molecule has 0 saturated heterocycles. The fraction of sp³-hybridized carbons (Fsp3) is 0.348. The van der Waals surface area contributed by atoms with Crippen LogP contribution in [0.3, 0.4) is 0 Å². The molecule has 2 N–H and O–H groups in total. The first-order valence-electron chi connectivity index (χ1n) is 10.2. The lowest BCUT2D eigenvalue weighted by molar-refractivity contribution is 0.0657. The first kappa shape index (κ1) is 21.4. The van der Waals surface area contributed by atoms with Gasteiger partial charge in [-0.2, -0.15) is 0 Å². The number of ether oxygens (including phenoxy) is 1. The third-order valence-electron chi connectivity index (χ3n) is 4.99. The fourth-order valence-electron chi connectivity index (χ4n) is 3.39. The number of amides is 2. The molecule has 1 aliphatic rings. The number of imide groups is 1. The van der Waals surface area contributed by atoms with E-state index in [9.17, 15) is 9.59 Å². The van der Waals surface area contributed by atoms with Gasteiger partial charge in [-0.1, -0.05) is 24.3 Å². The topological polar surface area (TPSA) is 83.0 Å². The molecule has 0 atom stereocenters. The van der Waals surface area contributed by atoms with Crippen molar-refractivity contribution in [2.24, 2.45) is 4.99 Å². The van der Waals surface area contributed by atoms with Gasteiger partial charge in [0, 0.05) is 26.2 Å². The summed E-state index contributed by atoms with van der Waals surface area (Å²) in [5.41, 5.74) is 3.20. The highest BCUT2D eigenvalue weighted by molar-refractivity contribution is 6.21. The first-order chi connectivity index (χ1) is 14.5. The summed E-state index contributed by atoms with van der Waals surface area (Å²) < 4.78 is 5.37. The van der Waals surface area contributed by atoms with Crippen molar-refractivity contribution in [3.63, 3.8) is 0 Å². The molecule has 2 aromatic carbocycles. The number of hydrogen-bond donors (Lipinski definition) is 2. The Morgan fingerprint density at radius 3 is 2.40 bits per heavy atom.